The molecule has 0 radical (unpaired) electrons. The molecule has 1 aromatic carbocycles. The van der Waals surface area contributed by atoms with E-state index < -0.39 is 26.6 Å². The van der Waals surface area contributed by atoms with Gasteiger partial charge in [-0.05, 0) is 12.1 Å². The Balaban J connectivity index is 3.29. The van der Waals surface area contributed by atoms with Crippen molar-refractivity contribution in [2.75, 3.05) is 0 Å². The molecule has 4 nitrogen and oxygen atoms in total. The van der Waals surface area contributed by atoms with Gasteiger partial charge in [0.1, 0.15) is 16.5 Å². The van der Waals surface area contributed by atoms with Crippen LogP contribution in [0, 0.1) is 23.1 Å². The fourth-order valence-corrected chi connectivity index (χ4v) is 1.60. The summed E-state index contributed by atoms with van der Waals surface area (Å²) in [6, 6.07) is 1.95. The first kappa shape index (κ1) is 10.4. The van der Waals surface area contributed by atoms with Gasteiger partial charge in [0.05, 0.1) is 0 Å². The van der Waals surface area contributed by atoms with Crippen LogP contribution in [-0.2, 0) is 10.0 Å². The molecule has 0 aliphatic rings. The van der Waals surface area contributed by atoms with E-state index in [1.54, 1.807) is 0 Å². The lowest BCUT2D eigenvalue weighted by atomic mass is 10.3. The highest BCUT2D eigenvalue weighted by Crippen LogP contribution is 2.14. The Morgan fingerprint density at radius 1 is 1.36 bits per heavy atom. The zero-order valence-corrected chi connectivity index (χ0v) is 7.48. The van der Waals surface area contributed by atoms with Crippen LogP contribution < -0.4 is 4.72 Å². The molecule has 0 aromatic heterocycles. The van der Waals surface area contributed by atoms with Gasteiger partial charge in [0, 0.05) is 6.07 Å². The summed E-state index contributed by atoms with van der Waals surface area (Å²) in [4.78, 5) is -0.763. The van der Waals surface area contributed by atoms with Crippen LogP contribution in [0.2, 0.25) is 0 Å². The third kappa shape index (κ3) is 1.97. The van der Waals surface area contributed by atoms with Gasteiger partial charge in [-0.2, -0.15) is 5.26 Å². The second kappa shape index (κ2) is 3.59. The summed E-state index contributed by atoms with van der Waals surface area (Å²) < 4.78 is 48.9. The minimum atomic E-state index is -4.21. The van der Waals surface area contributed by atoms with Crippen molar-refractivity contribution in [1.29, 1.82) is 5.26 Å². The molecule has 0 bridgehead atoms. The van der Waals surface area contributed by atoms with Gasteiger partial charge in [-0.15, -0.1) is 0 Å². The Kier molecular flexibility index (Phi) is 2.67. The highest BCUT2D eigenvalue weighted by molar-refractivity contribution is 7.89. The lowest BCUT2D eigenvalue weighted by Gasteiger charge is -2.01. The van der Waals surface area contributed by atoms with E-state index in [2.05, 4.69) is 0 Å². The maximum Gasteiger partial charge on any atom is 0.272 e. The van der Waals surface area contributed by atoms with Crippen LogP contribution in [0.3, 0.4) is 0 Å². The van der Waals surface area contributed by atoms with E-state index in [0.717, 1.165) is 18.3 Å². The average molecular weight is 218 g/mol. The Labute approximate surface area is 78.8 Å². The number of benzene rings is 1. The van der Waals surface area contributed by atoms with Crippen LogP contribution in [0.4, 0.5) is 8.78 Å². The molecule has 1 rings (SSSR count). The minimum absolute atomic E-state index is 0.423. The van der Waals surface area contributed by atoms with Gasteiger partial charge in [-0.1, -0.05) is 0 Å². The Morgan fingerprint density at radius 2 is 2.00 bits per heavy atom. The maximum atomic E-state index is 12.9. The lowest BCUT2D eigenvalue weighted by Crippen LogP contribution is -2.19. The Morgan fingerprint density at radius 3 is 2.50 bits per heavy atom. The molecule has 0 saturated heterocycles. The molecule has 14 heavy (non-hydrogen) atoms. The van der Waals surface area contributed by atoms with Crippen LogP contribution in [0.15, 0.2) is 23.1 Å². The van der Waals surface area contributed by atoms with Crippen molar-refractivity contribution in [3.63, 3.8) is 0 Å². The molecular weight excluding hydrogens is 214 g/mol. The molecule has 0 amide bonds. The molecule has 74 valence electrons. The van der Waals surface area contributed by atoms with Gasteiger partial charge < -0.3 is 0 Å². The first-order valence-corrected chi connectivity index (χ1v) is 4.81. The second-order valence-electron chi connectivity index (χ2n) is 2.29. The van der Waals surface area contributed by atoms with Gasteiger partial charge in [-0.25, -0.2) is 21.9 Å². The zero-order chi connectivity index (χ0) is 10.8. The van der Waals surface area contributed by atoms with E-state index in [0.29, 0.717) is 6.07 Å². The smallest absolute Gasteiger partial charge is 0.215 e. The van der Waals surface area contributed by atoms with Crippen molar-refractivity contribution >= 4 is 10.0 Å². The standard InChI is InChI=1S/C7H4F2N2O2S/c8-5-1-2-7(6(9)3-5)14(12,13)11-4-10/h1-3,11H. The van der Waals surface area contributed by atoms with Crippen LogP contribution in [0.25, 0.3) is 0 Å². The molecule has 0 fully saturated rings. The SMILES string of the molecule is N#CNS(=O)(=O)c1ccc(F)cc1F. The van der Waals surface area contributed by atoms with Gasteiger partial charge >= 0.3 is 0 Å². The van der Waals surface area contributed by atoms with E-state index in [4.69, 9.17) is 5.26 Å². The monoisotopic (exact) mass is 218 g/mol. The largest absolute Gasteiger partial charge is 0.272 e. The molecular formula is C7H4F2N2O2S. The number of nitriles is 1. The van der Waals surface area contributed by atoms with Crippen molar-refractivity contribution in [1.82, 2.24) is 4.72 Å². The minimum Gasteiger partial charge on any atom is -0.215 e. The number of nitrogens with one attached hydrogen (secondary N) is 1. The molecule has 0 spiro atoms. The second-order valence-corrected chi connectivity index (χ2v) is 3.94. The van der Waals surface area contributed by atoms with Crippen LogP contribution in [0.1, 0.15) is 0 Å². The predicted octanol–water partition coefficient (Wildman–Crippen LogP) is 0.724. The van der Waals surface area contributed by atoms with Crippen molar-refractivity contribution in [3.05, 3.63) is 29.8 Å². The number of hydrogen-bond donors (Lipinski definition) is 1. The van der Waals surface area contributed by atoms with Crippen LogP contribution >= 0.6 is 0 Å². The molecule has 0 aliphatic carbocycles. The van der Waals surface area contributed by atoms with Crippen molar-refractivity contribution in [2.24, 2.45) is 0 Å². The van der Waals surface area contributed by atoms with Crippen molar-refractivity contribution < 1.29 is 17.2 Å². The van der Waals surface area contributed by atoms with E-state index in [1.807, 2.05) is 0 Å². The first-order valence-electron chi connectivity index (χ1n) is 3.33. The Hall–Kier alpha value is -1.68. The van der Waals surface area contributed by atoms with E-state index in [-0.39, 0.29) is 0 Å². The highest BCUT2D eigenvalue weighted by Gasteiger charge is 2.18. The summed E-state index contributed by atoms with van der Waals surface area (Å²) in [5, 5.41) is 8.07. The van der Waals surface area contributed by atoms with Gasteiger partial charge in [-0.3, -0.25) is 0 Å². The van der Waals surface area contributed by atoms with Crippen LogP contribution in [-0.4, -0.2) is 8.42 Å². The third-order valence-electron chi connectivity index (χ3n) is 1.36. The average Bonchev–Trinajstić information content (AvgIpc) is 2.02. The fourth-order valence-electron chi connectivity index (χ4n) is 0.808. The summed E-state index contributed by atoms with van der Waals surface area (Å²) in [5.74, 6) is -2.13. The normalized spacial score (nSPS) is 10.6. The highest BCUT2D eigenvalue weighted by atomic mass is 32.2. The first-order chi connectivity index (χ1) is 6.47. The number of hydrogen-bond acceptors (Lipinski definition) is 3. The van der Waals surface area contributed by atoms with Crippen molar-refractivity contribution in [3.8, 4) is 6.19 Å². The van der Waals surface area contributed by atoms with Crippen LogP contribution in [0.5, 0.6) is 0 Å². The third-order valence-corrected chi connectivity index (χ3v) is 2.63. The van der Waals surface area contributed by atoms with Gasteiger partial charge in [0.2, 0.25) is 0 Å². The lowest BCUT2D eigenvalue weighted by molar-refractivity contribution is 0.547. The Bertz CT molecular complexity index is 493. The molecule has 1 N–H and O–H groups in total. The summed E-state index contributed by atoms with van der Waals surface area (Å²) in [7, 11) is -4.21. The van der Waals surface area contributed by atoms with E-state index >= 15 is 0 Å². The number of halogens is 2. The quantitative estimate of drug-likeness (QED) is 0.587. The molecule has 0 aliphatic heterocycles. The number of rotatable bonds is 2. The zero-order valence-electron chi connectivity index (χ0n) is 6.66. The van der Waals surface area contributed by atoms with E-state index in [9.17, 15) is 17.2 Å². The van der Waals surface area contributed by atoms with Crippen molar-refractivity contribution in [2.45, 2.75) is 4.90 Å². The summed E-state index contributed by atoms with van der Waals surface area (Å²) >= 11 is 0. The van der Waals surface area contributed by atoms with E-state index in [1.165, 1.54) is 4.72 Å². The molecule has 0 unspecified atom stereocenters. The summed E-state index contributed by atoms with van der Waals surface area (Å²) in [6.45, 7) is 0. The molecule has 0 atom stereocenters. The number of sulfonamides is 1. The molecule has 0 saturated carbocycles. The summed E-state index contributed by atoms with van der Waals surface area (Å²) in [6.07, 6.45) is 1.15. The van der Waals surface area contributed by atoms with Gasteiger partial charge in [0.15, 0.2) is 6.19 Å². The number of nitrogens with zero attached hydrogens (tertiary/aromatic N) is 1. The fraction of sp³-hybridized carbons (Fsp3) is 0. The maximum absolute atomic E-state index is 12.9. The molecule has 0 heterocycles. The molecule has 1 aromatic rings. The molecule has 7 heteroatoms. The topological polar surface area (TPSA) is 70.0 Å². The predicted molar refractivity (Wildman–Crippen MR) is 42.3 cm³/mol. The van der Waals surface area contributed by atoms with Gasteiger partial charge in [0.25, 0.3) is 10.0 Å². The summed E-state index contributed by atoms with van der Waals surface area (Å²) in [5.41, 5.74) is 0.